The second-order valence-corrected chi connectivity index (χ2v) is 6.14. The van der Waals surface area contributed by atoms with Crippen molar-refractivity contribution >= 4 is 12.1 Å². The number of benzene rings is 3. The number of ether oxygens (including phenoxy) is 2. The van der Waals surface area contributed by atoms with E-state index in [0.717, 1.165) is 22.4 Å². The number of carbonyl (C=O) groups excluding carboxylic acids is 1. The van der Waals surface area contributed by atoms with Gasteiger partial charge in [-0.2, -0.15) is 5.10 Å². The minimum Gasteiger partial charge on any atom is -0.490 e. The van der Waals surface area contributed by atoms with Gasteiger partial charge in [-0.15, -0.1) is 0 Å². The van der Waals surface area contributed by atoms with Gasteiger partial charge < -0.3 is 9.47 Å². The highest BCUT2D eigenvalue weighted by molar-refractivity contribution is 5.83. The highest BCUT2D eigenvalue weighted by Crippen LogP contribution is 2.21. The summed E-state index contributed by atoms with van der Waals surface area (Å²) in [6.45, 7) is 3.95. The Morgan fingerprint density at radius 1 is 0.862 bits per heavy atom. The van der Waals surface area contributed by atoms with Crippen LogP contribution in [-0.4, -0.2) is 25.3 Å². The topological polar surface area (TPSA) is 59.9 Å². The molecule has 0 aliphatic rings. The molecule has 0 radical (unpaired) electrons. The first-order chi connectivity index (χ1) is 14.2. The molecular formula is C24H22N2O3. The molecular weight excluding hydrogens is 364 g/mol. The van der Waals surface area contributed by atoms with Gasteiger partial charge in [0.1, 0.15) is 18.1 Å². The van der Waals surface area contributed by atoms with Crippen LogP contribution in [0.4, 0.5) is 0 Å². The molecule has 0 atom stereocenters. The molecule has 0 aliphatic carbocycles. The number of hydrazone groups is 1. The fourth-order valence-corrected chi connectivity index (χ4v) is 2.54. The Morgan fingerprint density at radius 2 is 1.48 bits per heavy atom. The summed E-state index contributed by atoms with van der Waals surface area (Å²) in [5, 5.41) is 3.94. The number of hydrogen-bond donors (Lipinski definition) is 1. The molecule has 29 heavy (non-hydrogen) atoms. The first kappa shape index (κ1) is 19.9. The van der Waals surface area contributed by atoms with E-state index in [1.807, 2.05) is 78.9 Å². The average Bonchev–Trinajstić information content (AvgIpc) is 2.78. The lowest BCUT2D eigenvalue weighted by molar-refractivity contribution is -0.123. The Kier molecular flexibility index (Phi) is 7.18. The number of nitrogens with zero attached hydrogens (tertiary/aromatic N) is 1. The molecule has 1 N–H and O–H groups in total. The number of carbonyl (C=O) groups is 1. The van der Waals surface area contributed by atoms with Crippen LogP contribution in [0.3, 0.4) is 0 Å². The molecule has 146 valence electrons. The molecule has 0 unspecified atom stereocenters. The zero-order valence-corrected chi connectivity index (χ0v) is 16.0. The third-order valence-electron chi connectivity index (χ3n) is 3.98. The summed E-state index contributed by atoms with van der Waals surface area (Å²) in [6.07, 6.45) is 3.24. The average molecular weight is 386 g/mol. The summed E-state index contributed by atoms with van der Waals surface area (Å²) in [4.78, 5) is 11.9. The van der Waals surface area contributed by atoms with Crippen LogP contribution in [0.2, 0.25) is 0 Å². The van der Waals surface area contributed by atoms with Crippen molar-refractivity contribution in [2.24, 2.45) is 5.10 Å². The molecule has 3 rings (SSSR count). The van der Waals surface area contributed by atoms with Crippen LogP contribution < -0.4 is 14.9 Å². The Morgan fingerprint density at radius 3 is 2.17 bits per heavy atom. The van der Waals surface area contributed by atoms with E-state index in [4.69, 9.17) is 9.47 Å². The molecule has 0 fully saturated rings. The Bertz CT molecular complexity index is 950. The molecule has 1 amide bonds. The molecule has 0 saturated heterocycles. The van der Waals surface area contributed by atoms with Gasteiger partial charge in [0.15, 0.2) is 6.61 Å². The van der Waals surface area contributed by atoms with E-state index >= 15 is 0 Å². The van der Waals surface area contributed by atoms with Crippen molar-refractivity contribution in [2.75, 3.05) is 13.2 Å². The number of amides is 1. The minimum atomic E-state index is -0.334. The molecule has 5 heteroatoms. The molecule has 0 bridgehead atoms. The smallest absolute Gasteiger partial charge is 0.277 e. The standard InChI is InChI=1S/C24H22N2O3/c1-2-16-28-22-12-8-19(9-13-22)17-25-26-24(27)18-29-23-14-10-21(11-15-23)20-6-4-3-5-7-20/h2-15,17H,1,16,18H2,(H,26,27). The molecule has 0 heterocycles. The van der Waals surface area contributed by atoms with Gasteiger partial charge in [-0.3, -0.25) is 4.79 Å². The maximum Gasteiger partial charge on any atom is 0.277 e. The van der Waals surface area contributed by atoms with Crippen molar-refractivity contribution in [3.05, 3.63) is 97.1 Å². The summed E-state index contributed by atoms with van der Waals surface area (Å²) in [5.41, 5.74) is 5.51. The van der Waals surface area contributed by atoms with E-state index < -0.39 is 0 Å². The van der Waals surface area contributed by atoms with E-state index in [-0.39, 0.29) is 12.5 Å². The van der Waals surface area contributed by atoms with Gasteiger partial charge >= 0.3 is 0 Å². The summed E-state index contributed by atoms with van der Waals surface area (Å²) in [5.74, 6) is 1.04. The van der Waals surface area contributed by atoms with Gasteiger partial charge in [-0.25, -0.2) is 5.43 Å². The molecule has 0 spiro atoms. The molecule has 0 saturated carbocycles. The maximum atomic E-state index is 11.9. The highest BCUT2D eigenvalue weighted by Gasteiger charge is 2.02. The van der Waals surface area contributed by atoms with Crippen LogP contribution in [0.15, 0.2) is 96.6 Å². The van der Waals surface area contributed by atoms with E-state index in [2.05, 4.69) is 17.1 Å². The molecule has 3 aromatic rings. The molecule has 0 aromatic heterocycles. The predicted octanol–water partition coefficient (Wildman–Crippen LogP) is 4.45. The van der Waals surface area contributed by atoms with Crippen LogP contribution >= 0.6 is 0 Å². The quantitative estimate of drug-likeness (QED) is 0.336. The van der Waals surface area contributed by atoms with E-state index in [9.17, 15) is 4.79 Å². The molecule has 5 nitrogen and oxygen atoms in total. The minimum absolute atomic E-state index is 0.115. The Hall–Kier alpha value is -3.86. The zero-order valence-electron chi connectivity index (χ0n) is 16.0. The summed E-state index contributed by atoms with van der Waals surface area (Å²) < 4.78 is 10.9. The second-order valence-electron chi connectivity index (χ2n) is 6.14. The van der Waals surface area contributed by atoms with Crippen LogP contribution in [0.1, 0.15) is 5.56 Å². The van der Waals surface area contributed by atoms with Crippen molar-refractivity contribution in [3.8, 4) is 22.6 Å². The summed E-state index contributed by atoms with van der Waals surface area (Å²) >= 11 is 0. The van der Waals surface area contributed by atoms with Gasteiger partial charge in [0.05, 0.1) is 6.21 Å². The van der Waals surface area contributed by atoms with Crippen molar-refractivity contribution < 1.29 is 14.3 Å². The van der Waals surface area contributed by atoms with E-state index in [0.29, 0.717) is 12.4 Å². The van der Waals surface area contributed by atoms with Crippen LogP contribution in [0.5, 0.6) is 11.5 Å². The summed E-state index contributed by atoms with van der Waals surface area (Å²) in [6, 6.07) is 25.0. The first-order valence-electron chi connectivity index (χ1n) is 9.18. The summed E-state index contributed by atoms with van der Waals surface area (Å²) in [7, 11) is 0. The van der Waals surface area contributed by atoms with E-state index in [1.54, 1.807) is 12.3 Å². The predicted molar refractivity (Wildman–Crippen MR) is 115 cm³/mol. The zero-order chi connectivity index (χ0) is 20.3. The van der Waals surface area contributed by atoms with Gasteiger partial charge in [0.25, 0.3) is 5.91 Å². The first-order valence-corrected chi connectivity index (χ1v) is 9.18. The highest BCUT2D eigenvalue weighted by atomic mass is 16.5. The van der Waals surface area contributed by atoms with Gasteiger partial charge in [-0.1, -0.05) is 55.1 Å². The third-order valence-corrected chi connectivity index (χ3v) is 3.98. The maximum absolute atomic E-state index is 11.9. The monoisotopic (exact) mass is 386 g/mol. The normalized spacial score (nSPS) is 10.5. The molecule has 0 aliphatic heterocycles. The van der Waals surface area contributed by atoms with E-state index in [1.165, 1.54) is 0 Å². The molecule has 3 aromatic carbocycles. The number of rotatable bonds is 9. The van der Waals surface area contributed by atoms with Gasteiger partial charge in [0.2, 0.25) is 0 Å². The lowest BCUT2D eigenvalue weighted by Crippen LogP contribution is -2.24. The fraction of sp³-hybridized carbons (Fsp3) is 0.0833. The SMILES string of the molecule is C=CCOc1ccc(C=NNC(=O)COc2ccc(-c3ccccc3)cc2)cc1. The van der Waals surface area contributed by atoms with Crippen LogP contribution in [-0.2, 0) is 4.79 Å². The van der Waals surface area contributed by atoms with Crippen LogP contribution in [0, 0.1) is 0 Å². The van der Waals surface area contributed by atoms with Crippen molar-refractivity contribution in [3.63, 3.8) is 0 Å². The van der Waals surface area contributed by atoms with Crippen molar-refractivity contribution in [2.45, 2.75) is 0 Å². The van der Waals surface area contributed by atoms with Crippen molar-refractivity contribution in [1.82, 2.24) is 5.43 Å². The number of hydrogen-bond acceptors (Lipinski definition) is 4. The number of nitrogens with one attached hydrogen (secondary N) is 1. The Labute approximate surface area is 170 Å². The lowest BCUT2D eigenvalue weighted by atomic mass is 10.1. The largest absolute Gasteiger partial charge is 0.490 e. The lowest BCUT2D eigenvalue weighted by Gasteiger charge is -2.06. The van der Waals surface area contributed by atoms with Crippen LogP contribution in [0.25, 0.3) is 11.1 Å². The van der Waals surface area contributed by atoms with Gasteiger partial charge in [0, 0.05) is 0 Å². The fourth-order valence-electron chi connectivity index (χ4n) is 2.54. The van der Waals surface area contributed by atoms with Gasteiger partial charge in [-0.05, 0) is 53.1 Å². The van der Waals surface area contributed by atoms with Crippen molar-refractivity contribution in [1.29, 1.82) is 0 Å². The Balaban J connectivity index is 1.44. The third kappa shape index (κ3) is 6.36. The second kappa shape index (κ2) is 10.5.